The van der Waals surface area contributed by atoms with E-state index in [1.54, 1.807) is 0 Å². The number of para-hydroxylation sites is 8. The second-order valence-electron chi connectivity index (χ2n) is 24.9. The van der Waals surface area contributed by atoms with Crippen molar-refractivity contribution in [2.45, 2.75) is 13.8 Å². The van der Waals surface area contributed by atoms with Gasteiger partial charge in [0.15, 0.2) is 5.69 Å². The molecule has 0 aliphatic heterocycles. The first kappa shape index (κ1) is 52.0. The van der Waals surface area contributed by atoms with Crippen molar-refractivity contribution in [3.8, 4) is 45.5 Å². The highest BCUT2D eigenvalue weighted by Gasteiger charge is 2.27. The van der Waals surface area contributed by atoms with Crippen LogP contribution in [0.4, 0.5) is 5.69 Å². The van der Waals surface area contributed by atoms with Gasteiger partial charge in [-0.05, 0) is 129 Å². The Bertz CT molecular complexity index is 6150. The summed E-state index contributed by atoms with van der Waals surface area (Å²) >= 11 is 0. The summed E-state index contributed by atoms with van der Waals surface area (Å²) in [5.41, 5.74) is 21.4. The summed E-state index contributed by atoms with van der Waals surface area (Å²) in [7, 11) is 0. The van der Waals surface area contributed by atoms with Crippen molar-refractivity contribution in [2.24, 2.45) is 0 Å². The standard InChI is InChI=1S/C85H53N9/c1-51-44-52(2)88-85(87-51)69-49-83(93-79-45-53(89-71-28-12-4-20-57(71)58-21-5-13-29-72(58)89)36-40-65(79)66-41-37-54(46-80(66)93)90-73-30-14-6-22-59(73)60-23-7-15-31-74(60)90)84(50-70(69)86-3)94-81-47-55(91-75-32-16-8-24-61(75)62-25-9-17-33-76(62)91)38-42-67(81)68-43-39-56(48-82(68)94)92-77-34-18-10-26-63(77)64-27-11-19-35-78(64)92/h4-50H,1-2H3. The lowest BCUT2D eigenvalue weighted by molar-refractivity contribution is 1.05. The largest absolute Gasteiger partial charge is 0.309 e. The molecular weight excluding hydrogens is 1150 g/mol. The molecule has 20 aromatic rings. The second kappa shape index (κ2) is 19.6. The van der Waals surface area contributed by atoms with Crippen molar-refractivity contribution in [2.75, 3.05) is 0 Å². The van der Waals surface area contributed by atoms with Gasteiger partial charge in [0, 0.05) is 104 Å². The van der Waals surface area contributed by atoms with Crippen LogP contribution in [0.1, 0.15) is 11.4 Å². The predicted octanol–water partition coefficient (Wildman–Crippen LogP) is 21.9. The van der Waals surface area contributed by atoms with Gasteiger partial charge < -0.3 is 27.4 Å². The Morgan fingerprint density at radius 1 is 0.245 bits per heavy atom. The zero-order valence-corrected chi connectivity index (χ0v) is 51.2. The van der Waals surface area contributed by atoms with Gasteiger partial charge in [0.1, 0.15) is 5.82 Å². The van der Waals surface area contributed by atoms with E-state index in [-0.39, 0.29) is 0 Å². The Balaban J connectivity index is 0.965. The zero-order valence-electron chi connectivity index (χ0n) is 51.2. The minimum atomic E-state index is 0.438. The van der Waals surface area contributed by atoms with Gasteiger partial charge in [0.2, 0.25) is 0 Å². The summed E-state index contributed by atoms with van der Waals surface area (Å²) in [6, 6.07) is 104. The minimum absolute atomic E-state index is 0.438. The average molecular weight is 1200 g/mol. The number of hydrogen-bond acceptors (Lipinski definition) is 2. The molecule has 20 rings (SSSR count). The van der Waals surface area contributed by atoms with Gasteiger partial charge in [0.25, 0.3) is 0 Å². The van der Waals surface area contributed by atoms with Crippen LogP contribution in [0.25, 0.3) is 181 Å². The first-order chi connectivity index (χ1) is 46.4. The number of hydrogen-bond donors (Lipinski definition) is 0. The average Bonchev–Trinajstić information content (AvgIpc) is 1.55. The van der Waals surface area contributed by atoms with E-state index in [9.17, 15) is 6.57 Å². The summed E-state index contributed by atoms with van der Waals surface area (Å²) in [6.07, 6.45) is 0. The van der Waals surface area contributed by atoms with Crippen molar-refractivity contribution in [1.29, 1.82) is 0 Å². The molecule has 0 unspecified atom stereocenters. The third-order valence-electron chi connectivity index (χ3n) is 19.7. The van der Waals surface area contributed by atoms with E-state index in [4.69, 9.17) is 9.97 Å². The summed E-state index contributed by atoms with van der Waals surface area (Å²) in [6.45, 7) is 13.3. The first-order valence-corrected chi connectivity index (χ1v) is 31.9. The molecule has 0 fully saturated rings. The third kappa shape index (κ3) is 7.33. The number of fused-ring (bicyclic) bond motifs is 18. The SMILES string of the molecule is [C-]#[N+]c1cc(-n2c3cc(-n4c5ccccc5c5ccccc54)ccc3c3ccc(-n4c5ccccc5c5ccccc54)cc32)c(-n2c3cc(-n4c5ccccc5c5ccccc54)ccc3c3ccc(-n4c5ccccc5c5ccccc54)cc32)cc1-c1nc(C)cc(C)n1. The Morgan fingerprint density at radius 2 is 0.479 bits per heavy atom. The van der Waals surface area contributed by atoms with Crippen LogP contribution in [0.2, 0.25) is 0 Å². The van der Waals surface area contributed by atoms with E-state index in [1.165, 1.54) is 43.1 Å². The van der Waals surface area contributed by atoms with Crippen molar-refractivity contribution >= 4 is 137 Å². The maximum atomic E-state index is 9.28. The van der Waals surface area contributed by atoms with Crippen LogP contribution in [-0.4, -0.2) is 37.4 Å². The quantitative estimate of drug-likeness (QED) is 0.149. The zero-order chi connectivity index (χ0) is 62.0. The lowest BCUT2D eigenvalue weighted by atomic mass is 10.1. The number of aromatic nitrogens is 8. The van der Waals surface area contributed by atoms with E-state index in [0.717, 1.165) is 133 Å². The first-order valence-electron chi connectivity index (χ1n) is 31.9. The fourth-order valence-corrected chi connectivity index (χ4v) is 15.9. The van der Waals surface area contributed by atoms with Crippen molar-refractivity contribution in [1.82, 2.24) is 37.4 Å². The smallest absolute Gasteiger partial charge is 0.200 e. The van der Waals surface area contributed by atoms with E-state index in [2.05, 4.69) is 311 Å². The molecule has 7 heterocycles. The molecule has 0 bridgehead atoms. The predicted molar refractivity (Wildman–Crippen MR) is 389 cm³/mol. The molecule has 9 nitrogen and oxygen atoms in total. The highest BCUT2D eigenvalue weighted by molar-refractivity contribution is 6.17. The number of aryl methyl sites for hydroxylation is 2. The van der Waals surface area contributed by atoms with Crippen molar-refractivity contribution in [3.63, 3.8) is 0 Å². The van der Waals surface area contributed by atoms with Crippen LogP contribution in [0.3, 0.4) is 0 Å². The highest BCUT2D eigenvalue weighted by atomic mass is 15.1. The van der Waals surface area contributed by atoms with E-state index in [0.29, 0.717) is 17.1 Å². The normalized spacial score (nSPS) is 12.1. The van der Waals surface area contributed by atoms with Crippen LogP contribution in [-0.2, 0) is 0 Å². The maximum absolute atomic E-state index is 9.28. The molecule has 94 heavy (non-hydrogen) atoms. The molecule has 438 valence electrons. The number of rotatable bonds is 7. The van der Waals surface area contributed by atoms with Gasteiger partial charge in [-0.15, -0.1) is 0 Å². The lowest BCUT2D eigenvalue weighted by Crippen LogP contribution is -2.06. The van der Waals surface area contributed by atoms with Gasteiger partial charge in [0.05, 0.1) is 84.1 Å². The summed E-state index contributed by atoms with van der Waals surface area (Å²) < 4.78 is 14.5. The molecule has 9 heteroatoms. The van der Waals surface area contributed by atoms with Crippen LogP contribution < -0.4 is 0 Å². The van der Waals surface area contributed by atoms with Gasteiger partial charge >= 0.3 is 0 Å². The highest BCUT2D eigenvalue weighted by Crippen LogP contribution is 2.47. The minimum Gasteiger partial charge on any atom is -0.309 e. The van der Waals surface area contributed by atoms with Gasteiger partial charge in [-0.3, -0.25) is 0 Å². The van der Waals surface area contributed by atoms with Crippen LogP contribution in [0.15, 0.2) is 285 Å². The molecule has 0 spiro atoms. The Kier molecular flexibility index (Phi) is 10.9. The van der Waals surface area contributed by atoms with Crippen LogP contribution in [0, 0.1) is 20.4 Å². The molecular formula is C85H53N9. The second-order valence-corrected chi connectivity index (χ2v) is 24.9. The monoisotopic (exact) mass is 1200 g/mol. The third-order valence-corrected chi connectivity index (χ3v) is 19.7. The Hall–Kier alpha value is -12.8. The molecule has 7 aromatic heterocycles. The Labute approximate surface area is 538 Å². The van der Waals surface area contributed by atoms with E-state index < -0.39 is 0 Å². The van der Waals surface area contributed by atoms with Crippen molar-refractivity contribution in [3.05, 3.63) is 308 Å². The van der Waals surface area contributed by atoms with Crippen LogP contribution in [0.5, 0.6) is 0 Å². The fourth-order valence-electron chi connectivity index (χ4n) is 15.9. The van der Waals surface area contributed by atoms with Gasteiger partial charge in [-0.2, -0.15) is 0 Å². The van der Waals surface area contributed by atoms with E-state index >= 15 is 0 Å². The van der Waals surface area contributed by atoms with Crippen LogP contribution >= 0.6 is 0 Å². The lowest BCUT2D eigenvalue weighted by Gasteiger charge is -2.20. The van der Waals surface area contributed by atoms with E-state index in [1.807, 2.05) is 19.9 Å². The fraction of sp³-hybridized carbons (Fsp3) is 0.0235. The topological polar surface area (TPSA) is 59.7 Å². The van der Waals surface area contributed by atoms with Gasteiger partial charge in [-0.1, -0.05) is 170 Å². The number of benzene rings is 13. The molecule has 13 aromatic carbocycles. The summed E-state index contributed by atoms with van der Waals surface area (Å²) in [5, 5.41) is 13.9. The maximum Gasteiger partial charge on any atom is 0.200 e. The summed E-state index contributed by atoms with van der Waals surface area (Å²) in [4.78, 5) is 14.8. The molecule has 0 radical (unpaired) electrons. The van der Waals surface area contributed by atoms with Gasteiger partial charge in [-0.25, -0.2) is 14.8 Å². The molecule has 0 saturated heterocycles. The molecule has 0 atom stereocenters. The molecule has 0 amide bonds. The molecule has 0 N–H and O–H groups in total. The number of nitrogens with zero attached hydrogens (tertiary/aromatic N) is 9. The van der Waals surface area contributed by atoms with Crippen molar-refractivity contribution < 1.29 is 0 Å². The molecule has 0 saturated carbocycles. The molecule has 0 aliphatic carbocycles. The Morgan fingerprint density at radius 3 is 0.734 bits per heavy atom. The summed E-state index contributed by atoms with van der Waals surface area (Å²) in [5.74, 6) is 0.499. The molecule has 0 aliphatic rings.